The van der Waals surface area contributed by atoms with Crippen molar-refractivity contribution in [1.82, 2.24) is 10.3 Å². The number of hydrogen-bond donors (Lipinski definition) is 1. The Balaban J connectivity index is 1.67. The molecule has 0 aliphatic heterocycles. The predicted octanol–water partition coefficient (Wildman–Crippen LogP) is 3.51. The van der Waals surface area contributed by atoms with Gasteiger partial charge in [0.15, 0.2) is 0 Å². The van der Waals surface area contributed by atoms with E-state index in [9.17, 15) is 0 Å². The first-order valence-electron chi connectivity index (χ1n) is 6.46. The zero-order valence-corrected chi connectivity index (χ0v) is 11.0. The molecule has 16 heavy (non-hydrogen) atoms. The molecule has 1 aromatic heterocycles. The van der Waals surface area contributed by atoms with Gasteiger partial charge in [0.25, 0.3) is 0 Å². The molecule has 0 amide bonds. The van der Waals surface area contributed by atoms with E-state index >= 15 is 0 Å². The molecule has 1 aromatic rings. The molecule has 0 radical (unpaired) electrons. The van der Waals surface area contributed by atoms with E-state index in [-0.39, 0.29) is 0 Å². The molecule has 0 aromatic carbocycles. The van der Waals surface area contributed by atoms with E-state index in [1.54, 1.807) is 11.3 Å². The molecule has 1 saturated carbocycles. The van der Waals surface area contributed by atoms with Crippen LogP contribution in [0.1, 0.15) is 48.4 Å². The first-order valence-corrected chi connectivity index (χ1v) is 7.28. The summed E-state index contributed by atoms with van der Waals surface area (Å²) in [4.78, 5) is 5.64. The summed E-state index contributed by atoms with van der Waals surface area (Å²) in [7, 11) is 0. The Morgan fingerprint density at radius 1 is 1.31 bits per heavy atom. The highest BCUT2D eigenvalue weighted by atomic mass is 32.1. The Labute approximate surface area is 102 Å². The third-order valence-electron chi connectivity index (χ3n) is 3.38. The summed E-state index contributed by atoms with van der Waals surface area (Å²) in [6.07, 6.45) is 10.6. The fourth-order valence-corrected chi connectivity index (χ4v) is 3.22. The molecular weight excluding hydrogens is 216 g/mol. The maximum atomic E-state index is 4.28. The molecule has 0 atom stereocenters. The van der Waals surface area contributed by atoms with Crippen LogP contribution in [0.4, 0.5) is 0 Å². The molecule has 3 heteroatoms. The number of aromatic nitrogens is 1. The van der Waals surface area contributed by atoms with Gasteiger partial charge in [-0.15, -0.1) is 11.3 Å². The van der Waals surface area contributed by atoms with Crippen LogP contribution < -0.4 is 5.32 Å². The highest BCUT2D eigenvalue weighted by molar-refractivity contribution is 7.11. The summed E-state index contributed by atoms with van der Waals surface area (Å²) in [5, 5.41) is 4.76. The zero-order valence-electron chi connectivity index (χ0n) is 10.2. The van der Waals surface area contributed by atoms with Crippen molar-refractivity contribution in [2.24, 2.45) is 5.92 Å². The van der Waals surface area contributed by atoms with E-state index in [1.807, 2.05) is 6.20 Å². The minimum absolute atomic E-state index is 0.913. The second kappa shape index (κ2) is 6.36. The van der Waals surface area contributed by atoms with Crippen LogP contribution in [0.25, 0.3) is 0 Å². The van der Waals surface area contributed by atoms with Gasteiger partial charge in [-0.3, -0.25) is 0 Å². The monoisotopic (exact) mass is 238 g/mol. The largest absolute Gasteiger partial charge is 0.312 e. The molecule has 2 nitrogen and oxygen atoms in total. The SMILES string of the molecule is Cc1ncc(CNCC2CCCCCC2)s1. The molecule has 2 rings (SSSR count). The molecule has 1 aliphatic carbocycles. The Kier molecular flexibility index (Phi) is 4.79. The topological polar surface area (TPSA) is 24.9 Å². The molecule has 0 bridgehead atoms. The fraction of sp³-hybridized carbons (Fsp3) is 0.769. The van der Waals surface area contributed by atoms with Crippen molar-refractivity contribution in [2.75, 3.05) is 6.54 Å². The van der Waals surface area contributed by atoms with Gasteiger partial charge in [-0.1, -0.05) is 25.7 Å². The maximum Gasteiger partial charge on any atom is 0.0897 e. The van der Waals surface area contributed by atoms with E-state index in [2.05, 4.69) is 17.2 Å². The third-order valence-corrected chi connectivity index (χ3v) is 4.29. The number of rotatable bonds is 4. The second-order valence-electron chi connectivity index (χ2n) is 4.83. The Hall–Kier alpha value is -0.410. The molecule has 1 aliphatic rings. The van der Waals surface area contributed by atoms with Crippen molar-refractivity contribution in [1.29, 1.82) is 0 Å². The number of hydrogen-bond acceptors (Lipinski definition) is 3. The fourth-order valence-electron chi connectivity index (χ4n) is 2.45. The maximum absolute atomic E-state index is 4.28. The van der Waals surface area contributed by atoms with E-state index in [1.165, 1.54) is 55.0 Å². The van der Waals surface area contributed by atoms with Crippen LogP contribution in [0.3, 0.4) is 0 Å². The number of aryl methyl sites for hydroxylation is 1. The van der Waals surface area contributed by atoms with E-state index in [0.29, 0.717) is 0 Å². The highest BCUT2D eigenvalue weighted by Gasteiger charge is 2.11. The van der Waals surface area contributed by atoms with Gasteiger partial charge in [0.05, 0.1) is 5.01 Å². The number of nitrogens with zero attached hydrogens (tertiary/aromatic N) is 1. The molecule has 1 N–H and O–H groups in total. The standard InChI is InChI=1S/C13H22N2S/c1-11-15-10-13(16-11)9-14-8-12-6-4-2-3-5-7-12/h10,12,14H,2-9H2,1H3. The van der Waals surface area contributed by atoms with Crippen molar-refractivity contribution < 1.29 is 0 Å². The van der Waals surface area contributed by atoms with Crippen LogP contribution in [0.5, 0.6) is 0 Å². The minimum Gasteiger partial charge on any atom is -0.312 e. The summed E-state index contributed by atoms with van der Waals surface area (Å²) < 4.78 is 0. The summed E-state index contributed by atoms with van der Waals surface area (Å²) in [6, 6.07) is 0. The van der Waals surface area contributed by atoms with Gasteiger partial charge in [-0.25, -0.2) is 4.98 Å². The average molecular weight is 238 g/mol. The summed E-state index contributed by atoms with van der Waals surface area (Å²) in [5.41, 5.74) is 0. The van der Waals surface area contributed by atoms with Gasteiger partial charge in [-0.05, 0) is 32.2 Å². The van der Waals surface area contributed by atoms with Crippen LogP contribution in [-0.2, 0) is 6.54 Å². The van der Waals surface area contributed by atoms with Crippen LogP contribution in [0.2, 0.25) is 0 Å². The molecule has 0 saturated heterocycles. The molecule has 1 heterocycles. The van der Waals surface area contributed by atoms with Gasteiger partial charge in [-0.2, -0.15) is 0 Å². The van der Waals surface area contributed by atoms with Gasteiger partial charge in [0.2, 0.25) is 0 Å². The smallest absolute Gasteiger partial charge is 0.0897 e. The van der Waals surface area contributed by atoms with E-state index in [0.717, 1.165) is 12.5 Å². The first kappa shape index (κ1) is 12.1. The Bertz CT molecular complexity index is 301. The van der Waals surface area contributed by atoms with E-state index in [4.69, 9.17) is 0 Å². The zero-order chi connectivity index (χ0) is 11.2. The van der Waals surface area contributed by atoms with Crippen LogP contribution >= 0.6 is 11.3 Å². The van der Waals surface area contributed by atoms with Crippen LogP contribution in [0.15, 0.2) is 6.20 Å². The quantitative estimate of drug-likeness (QED) is 0.812. The van der Waals surface area contributed by atoms with Crippen molar-refractivity contribution in [3.63, 3.8) is 0 Å². The number of thiazole rings is 1. The molecular formula is C13H22N2S. The highest BCUT2D eigenvalue weighted by Crippen LogP contribution is 2.22. The van der Waals surface area contributed by atoms with Gasteiger partial charge in [0, 0.05) is 17.6 Å². The molecule has 0 unspecified atom stereocenters. The van der Waals surface area contributed by atoms with Crippen LogP contribution in [-0.4, -0.2) is 11.5 Å². The van der Waals surface area contributed by atoms with Gasteiger partial charge >= 0.3 is 0 Å². The summed E-state index contributed by atoms with van der Waals surface area (Å²) in [6.45, 7) is 4.26. The van der Waals surface area contributed by atoms with Crippen molar-refractivity contribution >= 4 is 11.3 Å². The predicted molar refractivity (Wildman–Crippen MR) is 69.7 cm³/mol. The van der Waals surface area contributed by atoms with E-state index < -0.39 is 0 Å². The van der Waals surface area contributed by atoms with Gasteiger partial charge < -0.3 is 5.32 Å². The average Bonchev–Trinajstić information content (AvgIpc) is 2.54. The van der Waals surface area contributed by atoms with Crippen LogP contribution in [0, 0.1) is 12.8 Å². The molecule has 0 spiro atoms. The third kappa shape index (κ3) is 3.87. The van der Waals surface area contributed by atoms with Crippen molar-refractivity contribution in [2.45, 2.75) is 52.0 Å². The second-order valence-corrected chi connectivity index (χ2v) is 6.15. The first-order chi connectivity index (χ1) is 7.84. The lowest BCUT2D eigenvalue weighted by molar-refractivity contribution is 0.426. The Morgan fingerprint density at radius 3 is 2.69 bits per heavy atom. The van der Waals surface area contributed by atoms with Gasteiger partial charge in [0.1, 0.15) is 0 Å². The molecule has 90 valence electrons. The lowest BCUT2D eigenvalue weighted by Crippen LogP contribution is -2.21. The summed E-state index contributed by atoms with van der Waals surface area (Å²) >= 11 is 1.80. The normalized spacial score (nSPS) is 18.6. The molecule has 1 fully saturated rings. The lowest BCUT2D eigenvalue weighted by Gasteiger charge is -2.14. The number of nitrogens with one attached hydrogen (secondary N) is 1. The van der Waals surface area contributed by atoms with Crippen molar-refractivity contribution in [3.05, 3.63) is 16.1 Å². The Morgan fingerprint density at radius 2 is 2.06 bits per heavy atom. The lowest BCUT2D eigenvalue weighted by atomic mass is 10.0. The minimum atomic E-state index is 0.913. The van der Waals surface area contributed by atoms with Crippen molar-refractivity contribution in [3.8, 4) is 0 Å². The summed E-state index contributed by atoms with van der Waals surface area (Å²) in [5.74, 6) is 0.913.